The highest BCUT2D eigenvalue weighted by Gasteiger charge is 2.02. The van der Waals surface area contributed by atoms with Gasteiger partial charge in [0, 0.05) is 0 Å². The largest absolute Gasteiger partial charge is 0.508 e. The molecule has 0 saturated carbocycles. The molecule has 0 bridgehead atoms. The third kappa shape index (κ3) is 2.48. The van der Waals surface area contributed by atoms with Crippen LogP contribution in [0.25, 0.3) is 0 Å². The lowest BCUT2D eigenvalue weighted by Gasteiger charge is -2.07. The van der Waals surface area contributed by atoms with Crippen molar-refractivity contribution in [1.29, 1.82) is 0 Å². The second kappa shape index (κ2) is 4.31. The van der Waals surface area contributed by atoms with Gasteiger partial charge in [-0.15, -0.1) is 0 Å². The number of hydrogen-bond donors (Lipinski definition) is 1. The van der Waals surface area contributed by atoms with Gasteiger partial charge in [-0.2, -0.15) is 0 Å². The van der Waals surface area contributed by atoms with Gasteiger partial charge in [0.05, 0.1) is 0 Å². The molecule has 0 aliphatic rings. The Balaban J connectivity index is 2.88. The van der Waals surface area contributed by atoms with Gasteiger partial charge in [0.2, 0.25) is 0 Å². The maximum Gasteiger partial charge on any atom is 0.119 e. The smallest absolute Gasteiger partial charge is 0.119 e. The van der Waals surface area contributed by atoms with E-state index >= 15 is 0 Å². The fraction of sp³-hybridized carbons (Fsp3) is 0.500. The Hall–Kier alpha value is -0.980. The average molecular weight is 178 g/mol. The molecule has 1 heteroatoms. The van der Waals surface area contributed by atoms with Gasteiger partial charge in [-0.3, -0.25) is 0 Å². The Morgan fingerprint density at radius 1 is 1.15 bits per heavy atom. The summed E-state index contributed by atoms with van der Waals surface area (Å²) in [4.78, 5) is 0. The molecule has 0 fully saturated rings. The van der Waals surface area contributed by atoms with E-state index in [-0.39, 0.29) is 0 Å². The fourth-order valence-corrected chi connectivity index (χ4v) is 1.43. The van der Waals surface area contributed by atoms with Crippen molar-refractivity contribution in [1.82, 2.24) is 0 Å². The minimum atomic E-state index is 0.455. The number of phenolic OH excluding ortho intramolecular Hbond substituents is 1. The van der Waals surface area contributed by atoms with E-state index in [2.05, 4.69) is 19.9 Å². The number of benzene rings is 1. The molecule has 1 aromatic carbocycles. The summed E-state index contributed by atoms with van der Waals surface area (Å²) in [5.41, 5.74) is 3.52. The van der Waals surface area contributed by atoms with Crippen molar-refractivity contribution in [3.05, 3.63) is 28.8 Å². The molecular weight excluding hydrogens is 160 g/mol. The van der Waals surface area contributed by atoms with Gasteiger partial charge in [0.1, 0.15) is 5.75 Å². The Labute approximate surface area is 80.4 Å². The summed E-state index contributed by atoms with van der Waals surface area (Å²) in [5.74, 6) is 0.455. The predicted molar refractivity (Wildman–Crippen MR) is 56.2 cm³/mol. The molecule has 0 unspecified atom stereocenters. The Morgan fingerprint density at radius 3 is 2.38 bits per heavy atom. The van der Waals surface area contributed by atoms with E-state index in [0.717, 1.165) is 24.0 Å². The second-order valence-corrected chi connectivity index (χ2v) is 3.67. The van der Waals surface area contributed by atoms with Crippen LogP contribution in [0.2, 0.25) is 0 Å². The number of hydrogen-bond acceptors (Lipinski definition) is 1. The van der Waals surface area contributed by atoms with Crippen LogP contribution >= 0.6 is 0 Å². The van der Waals surface area contributed by atoms with Crippen LogP contribution in [-0.4, -0.2) is 5.11 Å². The zero-order valence-electron chi connectivity index (χ0n) is 8.72. The summed E-state index contributed by atoms with van der Waals surface area (Å²) >= 11 is 0. The SMILES string of the molecule is CCCCc1cc(C)c(C)cc1O. The van der Waals surface area contributed by atoms with E-state index in [1.165, 1.54) is 12.0 Å². The summed E-state index contributed by atoms with van der Waals surface area (Å²) in [6.07, 6.45) is 3.31. The monoisotopic (exact) mass is 178 g/mol. The van der Waals surface area contributed by atoms with Crippen LogP contribution in [0.5, 0.6) is 5.75 Å². The third-order valence-electron chi connectivity index (χ3n) is 2.49. The average Bonchev–Trinajstić information content (AvgIpc) is 2.09. The highest BCUT2D eigenvalue weighted by molar-refractivity contribution is 5.40. The Morgan fingerprint density at radius 2 is 1.77 bits per heavy atom. The standard InChI is InChI=1S/C12H18O/c1-4-5-6-11-7-9(2)10(3)8-12(11)13/h7-8,13H,4-6H2,1-3H3. The van der Waals surface area contributed by atoms with Crippen LogP contribution in [0, 0.1) is 13.8 Å². The normalized spacial score (nSPS) is 10.4. The van der Waals surface area contributed by atoms with Crippen molar-refractivity contribution in [2.45, 2.75) is 40.0 Å². The molecule has 13 heavy (non-hydrogen) atoms. The Bertz CT molecular complexity index is 289. The number of aromatic hydroxyl groups is 1. The lowest BCUT2D eigenvalue weighted by Crippen LogP contribution is -1.89. The van der Waals surface area contributed by atoms with Crippen molar-refractivity contribution >= 4 is 0 Å². The van der Waals surface area contributed by atoms with Crippen LogP contribution in [0.3, 0.4) is 0 Å². The number of phenols is 1. The topological polar surface area (TPSA) is 20.2 Å². The highest BCUT2D eigenvalue weighted by atomic mass is 16.3. The summed E-state index contributed by atoms with van der Waals surface area (Å²) in [6, 6.07) is 3.96. The maximum absolute atomic E-state index is 9.64. The molecule has 0 amide bonds. The molecule has 0 heterocycles. The summed E-state index contributed by atoms with van der Waals surface area (Å²) in [5, 5.41) is 9.64. The zero-order chi connectivity index (χ0) is 9.84. The van der Waals surface area contributed by atoms with Crippen LogP contribution in [0.1, 0.15) is 36.5 Å². The molecule has 0 radical (unpaired) electrons. The first-order valence-electron chi connectivity index (χ1n) is 4.94. The minimum absolute atomic E-state index is 0.455. The number of unbranched alkanes of at least 4 members (excludes halogenated alkanes) is 1. The first kappa shape index (κ1) is 10.1. The molecule has 0 aliphatic heterocycles. The van der Waals surface area contributed by atoms with Crippen molar-refractivity contribution < 1.29 is 5.11 Å². The molecule has 0 atom stereocenters. The van der Waals surface area contributed by atoms with E-state index in [1.807, 2.05) is 13.0 Å². The molecule has 0 aromatic heterocycles. The lowest BCUT2D eigenvalue weighted by molar-refractivity contribution is 0.466. The minimum Gasteiger partial charge on any atom is -0.508 e. The van der Waals surface area contributed by atoms with Crippen LogP contribution in [0.15, 0.2) is 12.1 Å². The van der Waals surface area contributed by atoms with Crippen molar-refractivity contribution in [3.8, 4) is 5.75 Å². The van der Waals surface area contributed by atoms with Gasteiger partial charge in [-0.05, 0) is 49.4 Å². The van der Waals surface area contributed by atoms with E-state index in [9.17, 15) is 5.11 Å². The van der Waals surface area contributed by atoms with Crippen LogP contribution < -0.4 is 0 Å². The molecule has 0 saturated heterocycles. The van der Waals surface area contributed by atoms with E-state index in [0.29, 0.717) is 5.75 Å². The third-order valence-corrected chi connectivity index (χ3v) is 2.49. The van der Waals surface area contributed by atoms with Gasteiger partial charge < -0.3 is 5.11 Å². The molecule has 1 aromatic rings. The Kier molecular flexibility index (Phi) is 3.35. The summed E-state index contributed by atoms with van der Waals surface area (Å²) in [6.45, 7) is 6.28. The van der Waals surface area contributed by atoms with Gasteiger partial charge in [-0.1, -0.05) is 19.4 Å². The fourth-order valence-electron chi connectivity index (χ4n) is 1.43. The van der Waals surface area contributed by atoms with Gasteiger partial charge in [0.15, 0.2) is 0 Å². The zero-order valence-corrected chi connectivity index (χ0v) is 8.72. The molecule has 0 aliphatic carbocycles. The van der Waals surface area contributed by atoms with Crippen LogP contribution in [0.4, 0.5) is 0 Å². The van der Waals surface area contributed by atoms with Gasteiger partial charge in [0.25, 0.3) is 0 Å². The van der Waals surface area contributed by atoms with Gasteiger partial charge >= 0.3 is 0 Å². The highest BCUT2D eigenvalue weighted by Crippen LogP contribution is 2.23. The van der Waals surface area contributed by atoms with E-state index in [1.54, 1.807) is 0 Å². The quantitative estimate of drug-likeness (QED) is 0.752. The van der Waals surface area contributed by atoms with E-state index in [4.69, 9.17) is 0 Å². The lowest BCUT2D eigenvalue weighted by atomic mass is 10.0. The molecular formula is C12H18O. The maximum atomic E-state index is 9.64. The second-order valence-electron chi connectivity index (χ2n) is 3.67. The predicted octanol–water partition coefficient (Wildman–Crippen LogP) is 3.35. The molecule has 1 N–H and O–H groups in total. The van der Waals surface area contributed by atoms with E-state index < -0.39 is 0 Å². The molecule has 1 nitrogen and oxygen atoms in total. The molecule has 0 spiro atoms. The van der Waals surface area contributed by atoms with Crippen molar-refractivity contribution in [3.63, 3.8) is 0 Å². The number of aryl methyl sites for hydroxylation is 3. The number of rotatable bonds is 3. The van der Waals surface area contributed by atoms with Gasteiger partial charge in [-0.25, -0.2) is 0 Å². The summed E-state index contributed by atoms with van der Waals surface area (Å²) in [7, 11) is 0. The van der Waals surface area contributed by atoms with Crippen molar-refractivity contribution in [2.24, 2.45) is 0 Å². The first-order valence-corrected chi connectivity index (χ1v) is 4.94. The molecule has 1 rings (SSSR count). The van der Waals surface area contributed by atoms with Crippen molar-refractivity contribution in [2.75, 3.05) is 0 Å². The first-order chi connectivity index (χ1) is 6.15. The van der Waals surface area contributed by atoms with Crippen LogP contribution in [-0.2, 0) is 6.42 Å². The summed E-state index contributed by atoms with van der Waals surface area (Å²) < 4.78 is 0. The molecule has 72 valence electrons.